The third-order valence-corrected chi connectivity index (χ3v) is 3.92. The molecule has 0 aliphatic carbocycles. The molecule has 4 rings (SSSR count). The minimum Gasteiger partial charge on any atom is -0.368 e. The molecule has 0 saturated carbocycles. The summed E-state index contributed by atoms with van der Waals surface area (Å²) in [6.45, 7) is 1.02. The molecule has 3 aromatic rings. The van der Waals surface area contributed by atoms with Crippen LogP contribution in [0.4, 0.5) is 5.95 Å². The van der Waals surface area contributed by atoms with E-state index in [1.165, 1.54) is 6.20 Å². The zero-order valence-electron chi connectivity index (χ0n) is 12.3. The lowest BCUT2D eigenvalue weighted by atomic mass is 10.1. The number of para-hydroxylation sites is 2. The van der Waals surface area contributed by atoms with E-state index in [1.54, 1.807) is 11.1 Å². The molecule has 0 saturated heterocycles. The second-order valence-electron chi connectivity index (χ2n) is 5.42. The molecule has 1 aliphatic rings. The first-order valence-corrected chi connectivity index (χ1v) is 7.32. The Kier molecular flexibility index (Phi) is 3.11. The van der Waals surface area contributed by atoms with E-state index in [9.17, 15) is 4.79 Å². The lowest BCUT2D eigenvalue weighted by molar-refractivity contribution is 0.0725. The molecule has 2 aromatic heterocycles. The molecule has 7 nitrogen and oxygen atoms in total. The average Bonchev–Trinajstić information content (AvgIpc) is 2.60. The van der Waals surface area contributed by atoms with Gasteiger partial charge in [-0.05, 0) is 24.1 Å². The number of carbonyl (C=O) groups is 1. The normalized spacial score (nSPS) is 13.8. The first-order chi connectivity index (χ1) is 11.2. The Morgan fingerprint density at radius 1 is 1.09 bits per heavy atom. The fraction of sp³-hybridized carbons (Fsp3) is 0.188. The number of rotatable bonds is 1. The fourth-order valence-electron chi connectivity index (χ4n) is 2.71. The van der Waals surface area contributed by atoms with Crippen molar-refractivity contribution in [3.8, 4) is 0 Å². The SMILES string of the molecule is Nc1ncc2c(n1)CN(C(=O)c1cnc3ccccc3n1)CC2. The van der Waals surface area contributed by atoms with Gasteiger partial charge in [0.2, 0.25) is 5.95 Å². The Bertz CT molecular complexity index is 910. The van der Waals surface area contributed by atoms with Gasteiger partial charge < -0.3 is 10.6 Å². The van der Waals surface area contributed by atoms with Crippen LogP contribution >= 0.6 is 0 Å². The Morgan fingerprint density at radius 2 is 1.91 bits per heavy atom. The maximum absolute atomic E-state index is 12.7. The molecule has 0 fully saturated rings. The largest absolute Gasteiger partial charge is 0.368 e. The number of hydrogen-bond acceptors (Lipinski definition) is 6. The van der Waals surface area contributed by atoms with Crippen molar-refractivity contribution in [1.82, 2.24) is 24.8 Å². The molecule has 0 bridgehead atoms. The van der Waals surface area contributed by atoms with Crippen molar-refractivity contribution in [3.63, 3.8) is 0 Å². The summed E-state index contributed by atoms with van der Waals surface area (Å²) in [5.74, 6) is 0.0784. The predicted octanol–water partition coefficient (Wildman–Crippen LogP) is 1.20. The first-order valence-electron chi connectivity index (χ1n) is 7.32. The van der Waals surface area contributed by atoms with Crippen LogP contribution in [0.5, 0.6) is 0 Å². The standard InChI is InChI=1S/C16H14N6O/c17-16-19-7-10-5-6-22(9-14(10)21-16)15(23)13-8-18-11-3-1-2-4-12(11)20-13/h1-4,7-8H,5-6,9H2,(H2,17,19,21). The number of benzene rings is 1. The number of amides is 1. The number of nitrogens with zero attached hydrogens (tertiary/aromatic N) is 5. The van der Waals surface area contributed by atoms with Gasteiger partial charge in [-0.1, -0.05) is 12.1 Å². The van der Waals surface area contributed by atoms with Crippen LogP contribution in [0.25, 0.3) is 11.0 Å². The van der Waals surface area contributed by atoms with Crippen molar-refractivity contribution in [1.29, 1.82) is 0 Å². The van der Waals surface area contributed by atoms with Crippen molar-refractivity contribution in [2.75, 3.05) is 12.3 Å². The summed E-state index contributed by atoms with van der Waals surface area (Å²) in [4.78, 5) is 31.3. The van der Waals surface area contributed by atoms with Crippen LogP contribution in [0.2, 0.25) is 0 Å². The smallest absolute Gasteiger partial charge is 0.274 e. The van der Waals surface area contributed by atoms with E-state index in [-0.39, 0.29) is 11.9 Å². The van der Waals surface area contributed by atoms with E-state index < -0.39 is 0 Å². The van der Waals surface area contributed by atoms with Gasteiger partial charge in [0.25, 0.3) is 5.91 Å². The highest BCUT2D eigenvalue weighted by Gasteiger charge is 2.24. The van der Waals surface area contributed by atoms with Gasteiger partial charge in [-0.15, -0.1) is 0 Å². The van der Waals surface area contributed by atoms with Crippen LogP contribution in [0.3, 0.4) is 0 Å². The van der Waals surface area contributed by atoms with E-state index in [0.717, 1.165) is 16.8 Å². The third-order valence-electron chi connectivity index (χ3n) is 3.92. The van der Waals surface area contributed by atoms with Crippen molar-refractivity contribution in [2.24, 2.45) is 0 Å². The summed E-state index contributed by atoms with van der Waals surface area (Å²) in [6, 6.07) is 7.48. The molecule has 0 unspecified atom stereocenters. The van der Waals surface area contributed by atoms with Gasteiger partial charge in [0, 0.05) is 12.7 Å². The van der Waals surface area contributed by atoms with Crippen LogP contribution in [-0.4, -0.2) is 37.3 Å². The quantitative estimate of drug-likeness (QED) is 0.725. The van der Waals surface area contributed by atoms with E-state index in [2.05, 4.69) is 19.9 Å². The predicted molar refractivity (Wildman–Crippen MR) is 84.4 cm³/mol. The van der Waals surface area contributed by atoms with Gasteiger partial charge in [0.1, 0.15) is 5.69 Å². The molecule has 1 amide bonds. The van der Waals surface area contributed by atoms with Gasteiger partial charge in [-0.25, -0.2) is 15.0 Å². The van der Waals surface area contributed by atoms with Crippen LogP contribution in [0.1, 0.15) is 21.7 Å². The fourth-order valence-corrected chi connectivity index (χ4v) is 2.71. The molecule has 1 aliphatic heterocycles. The number of nitrogen functional groups attached to an aromatic ring is 1. The van der Waals surface area contributed by atoms with Gasteiger partial charge in [-0.3, -0.25) is 9.78 Å². The van der Waals surface area contributed by atoms with E-state index in [4.69, 9.17) is 5.73 Å². The number of nitrogens with two attached hydrogens (primary N) is 1. The Hall–Kier alpha value is -3.09. The second-order valence-corrected chi connectivity index (χ2v) is 5.42. The number of carbonyl (C=O) groups excluding carboxylic acids is 1. The van der Waals surface area contributed by atoms with Crippen molar-refractivity contribution < 1.29 is 4.79 Å². The third kappa shape index (κ3) is 2.46. The topological polar surface area (TPSA) is 97.9 Å². The number of aromatic nitrogens is 4. The minimum atomic E-state index is -0.147. The van der Waals surface area contributed by atoms with Gasteiger partial charge >= 0.3 is 0 Å². The summed E-state index contributed by atoms with van der Waals surface area (Å²) in [7, 11) is 0. The highest BCUT2D eigenvalue weighted by Crippen LogP contribution is 2.19. The number of anilines is 1. The summed E-state index contributed by atoms with van der Waals surface area (Å²) in [6.07, 6.45) is 3.96. The average molecular weight is 306 g/mol. The molecule has 0 spiro atoms. The summed E-state index contributed by atoms with van der Waals surface area (Å²) in [5.41, 5.74) is 9.28. The Morgan fingerprint density at radius 3 is 2.78 bits per heavy atom. The van der Waals surface area contributed by atoms with Gasteiger partial charge in [0.05, 0.1) is 29.5 Å². The molecule has 23 heavy (non-hydrogen) atoms. The number of fused-ring (bicyclic) bond motifs is 2. The number of hydrogen-bond donors (Lipinski definition) is 1. The maximum atomic E-state index is 12.7. The first kappa shape index (κ1) is 13.6. The van der Waals surface area contributed by atoms with Crippen LogP contribution < -0.4 is 5.73 Å². The lowest BCUT2D eigenvalue weighted by Crippen LogP contribution is -2.37. The molecule has 1 aromatic carbocycles. The summed E-state index contributed by atoms with van der Waals surface area (Å²) >= 11 is 0. The maximum Gasteiger partial charge on any atom is 0.274 e. The van der Waals surface area contributed by atoms with Gasteiger partial charge in [-0.2, -0.15) is 0 Å². The van der Waals surface area contributed by atoms with Crippen molar-refractivity contribution >= 4 is 22.9 Å². The van der Waals surface area contributed by atoms with E-state index in [1.807, 2.05) is 24.3 Å². The molecular formula is C16H14N6O. The Balaban J connectivity index is 1.63. The van der Waals surface area contributed by atoms with Crippen LogP contribution in [-0.2, 0) is 13.0 Å². The highest BCUT2D eigenvalue weighted by molar-refractivity contribution is 5.93. The molecule has 2 N–H and O–H groups in total. The zero-order valence-corrected chi connectivity index (χ0v) is 12.3. The second kappa shape index (κ2) is 5.28. The molecule has 114 valence electrons. The monoisotopic (exact) mass is 306 g/mol. The molecule has 7 heteroatoms. The molecule has 3 heterocycles. The van der Waals surface area contributed by atoms with Crippen LogP contribution in [0.15, 0.2) is 36.7 Å². The zero-order chi connectivity index (χ0) is 15.8. The van der Waals surface area contributed by atoms with E-state index >= 15 is 0 Å². The molecule has 0 radical (unpaired) electrons. The van der Waals surface area contributed by atoms with Crippen molar-refractivity contribution in [2.45, 2.75) is 13.0 Å². The molecular weight excluding hydrogens is 292 g/mol. The van der Waals surface area contributed by atoms with Crippen LogP contribution in [0, 0.1) is 0 Å². The van der Waals surface area contributed by atoms with E-state index in [0.29, 0.717) is 30.7 Å². The highest BCUT2D eigenvalue weighted by atomic mass is 16.2. The summed E-state index contributed by atoms with van der Waals surface area (Å²) in [5, 5.41) is 0. The Labute approximate surface area is 132 Å². The molecule has 0 atom stereocenters. The lowest BCUT2D eigenvalue weighted by Gasteiger charge is -2.27. The summed E-state index contributed by atoms with van der Waals surface area (Å²) < 4.78 is 0. The van der Waals surface area contributed by atoms with Gasteiger partial charge in [0.15, 0.2) is 0 Å². The van der Waals surface area contributed by atoms with Crippen molar-refractivity contribution in [3.05, 3.63) is 53.6 Å². The minimum absolute atomic E-state index is 0.147.